The topological polar surface area (TPSA) is 84.5 Å². The van der Waals surface area contributed by atoms with Crippen molar-refractivity contribution in [2.45, 2.75) is 18.4 Å². The van der Waals surface area contributed by atoms with Gasteiger partial charge in [-0.25, -0.2) is 13.1 Å². The molecule has 0 fully saturated rings. The fourth-order valence-electron chi connectivity index (χ4n) is 2.13. The first kappa shape index (κ1) is 19.2. The van der Waals surface area contributed by atoms with Gasteiger partial charge in [0.1, 0.15) is 10.6 Å². The van der Waals surface area contributed by atoms with Gasteiger partial charge < -0.3 is 10.1 Å². The number of ether oxygens (including phenoxy) is 1. The standard InChI is InChI=1S/C17H19ClN2O4S/c1-12-7-8-15(24-2)16(9-12)25(22,23)20-11-17(21)19-10-13-5-3-4-6-14(13)18/h3-9,20H,10-11H2,1-2H3,(H,19,21). The highest BCUT2D eigenvalue weighted by Gasteiger charge is 2.20. The van der Waals surface area contributed by atoms with Crippen LogP contribution in [0, 0.1) is 6.92 Å². The third-order valence-electron chi connectivity index (χ3n) is 3.47. The van der Waals surface area contributed by atoms with Crippen LogP contribution in [0.15, 0.2) is 47.4 Å². The molecule has 2 aromatic rings. The Kier molecular flexibility index (Phi) is 6.41. The van der Waals surface area contributed by atoms with Gasteiger partial charge in [0.25, 0.3) is 0 Å². The van der Waals surface area contributed by atoms with Crippen molar-refractivity contribution in [2.75, 3.05) is 13.7 Å². The number of carbonyl (C=O) groups is 1. The van der Waals surface area contributed by atoms with Gasteiger partial charge in [0, 0.05) is 11.6 Å². The SMILES string of the molecule is COc1ccc(C)cc1S(=O)(=O)NCC(=O)NCc1ccccc1Cl. The van der Waals surface area contributed by atoms with E-state index in [0.29, 0.717) is 5.02 Å². The van der Waals surface area contributed by atoms with E-state index in [1.807, 2.05) is 0 Å². The summed E-state index contributed by atoms with van der Waals surface area (Å²) in [5, 5.41) is 3.16. The smallest absolute Gasteiger partial charge is 0.244 e. The summed E-state index contributed by atoms with van der Waals surface area (Å²) in [5.74, 6) is -0.246. The van der Waals surface area contributed by atoms with E-state index in [0.717, 1.165) is 11.1 Å². The minimum absolute atomic E-state index is 0.00564. The number of carbonyl (C=O) groups excluding carboxylic acids is 1. The number of methoxy groups -OCH3 is 1. The molecule has 0 spiro atoms. The molecule has 0 aliphatic heterocycles. The molecule has 8 heteroatoms. The first-order valence-electron chi connectivity index (χ1n) is 7.48. The lowest BCUT2D eigenvalue weighted by Crippen LogP contribution is -2.36. The highest BCUT2D eigenvalue weighted by Crippen LogP contribution is 2.24. The molecule has 0 saturated heterocycles. The molecule has 1 amide bonds. The van der Waals surface area contributed by atoms with Crippen molar-refractivity contribution in [1.29, 1.82) is 0 Å². The van der Waals surface area contributed by atoms with Crippen LogP contribution < -0.4 is 14.8 Å². The second-order valence-corrected chi connectivity index (χ2v) is 7.49. The number of hydrogen-bond donors (Lipinski definition) is 2. The van der Waals surface area contributed by atoms with Gasteiger partial charge in [-0.15, -0.1) is 0 Å². The zero-order valence-corrected chi connectivity index (χ0v) is 15.4. The molecule has 2 N–H and O–H groups in total. The predicted molar refractivity (Wildman–Crippen MR) is 96.2 cm³/mol. The molecule has 0 aliphatic carbocycles. The molecule has 0 heterocycles. The van der Waals surface area contributed by atoms with Gasteiger partial charge in [0.2, 0.25) is 15.9 Å². The Morgan fingerprint density at radius 3 is 2.60 bits per heavy atom. The van der Waals surface area contributed by atoms with Crippen LogP contribution >= 0.6 is 11.6 Å². The largest absolute Gasteiger partial charge is 0.495 e. The van der Waals surface area contributed by atoms with E-state index in [4.69, 9.17) is 16.3 Å². The normalized spacial score (nSPS) is 11.2. The molecule has 0 aromatic heterocycles. The van der Waals surface area contributed by atoms with Crippen molar-refractivity contribution in [3.63, 3.8) is 0 Å². The third kappa shape index (κ3) is 5.19. The van der Waals surface area contributed by atoms with Crippen molar-refractivity contribution in [3.05, 3.63) is 58.6 Å². The van der Waals surface area contributed by atoms with Gasteiger partial charge in [0.05, 0.1) is 13.7 Å². The van der Waals surface area contributed by atoms with Crippen molar-refractivity contribution in [1.82, 2.24) is 10.0 Å². The van der Waals surface area contributed by atoms with Gasteiger partial charge in [0.15, 0.2) is 0 Å². The molecule has 2 aromatic carbocycles. The Bertz CT molecular complexity index is 869. The number of amides is 1. The number of rotatable bonds is 7. The van der Waals surface area contributed by atoms with E-state index in [1.54, 1.807) is 43.3 Å². The fraction of sp³-hybridized carbons (Fsp3) is 0.235. The average Bonchev–Trinajstić information content (AvgIpc) is 2.59. The first-order chi connectivity index (χ1) is 11.8. The number of aryl methyl sites for hydroxylation is 1. The molecule has 0 unspecified atom stereocenters. The monoisotopic (exact) mass is 382 g/mol. The van der Waals surface area contributed by atoms with Crippen LogP contribution in [0.5, 0.6) is 5.75 Å². The second kappa shape index (κ2) is 8.33. The predicted octanol–water partition coefficient (Wildman–Crippen LogP) is 2.25. The highest BCUT2D eigenvalue weighted by molar-refractivity contribution is 7.89. The molecular formula is C17H19ClN2O4S. The van der Waals surface area contributed by atoms with Crippen molar-refractivity contribution < 1.29 is 17.9 Å². The minimum atomic E-state index is -3.87. The minimum Gasteiger partial charge on any atom is -0.495 e. The van der Waals surface area contributed by atoms with Crippen molar-refractivity contribution in [2.24, 2.45) is 0 Å². The first-order valence-corrected chi connectivity index (χ1v) is 9.34. The van der Waals surface area contributed by atoms with Gasteiger partial charge >= 0.3 is 0 Å². The summed E-state index contributed by atoms with van der Waals surface area (Å²) in [6.07, 6.45) is 0. The highest BCUT2D eigenvalue weighted by atomic mass is 35.5. The van der Waals surface area contributed by atoms with Crippen LogP contribution in [-0.2, 0) is 21.4 Å². The zero-order chi connectivity index (χ0) is 18.4. The quantitative estimate of drug-likeness (QED) is 0.769. The molecule has 6 nitrogen and oxygen atoms in total. The van der Waals surface area contributed by atoms with Crippen molar-refractivity contribution in [3.8, 4) is 5.75 Å². The molecule has 0 saturated carbocycles. The Hall–Kier alpha value is -2.09. The summed E-state index contributed by atoms with van der Waals surface area (Å²) < 4.78 is 32.2. The van der Waals surface area contributed by atoms with Crippen LogP contribution in [-0.4, -0.2) is 28.0 Å². The molecule has 2 rings (SSSR count). The van der Waals surface area contributed by atoms with Crippen LogP contribution in [0.4, 0.5) is 0 Å². The Morgan fingerprint density at radius 2 is 1.92 bits per heavy atom. The Balaban J connectivity index is 1.99. The zero-order valence-electron chi connectivity index (χ0n) is 13.9. The molecular weight excluding hydrogens is 364 g/mol. The number of benzene rings is 2. The lowest BCUT2D eigenvalue weighted by molar-refractivity contribution is -0.120. The fourth-order valence-corrected chi connectivity index (χ4v) is 3.57. The number of halogens is 1. The van der Waals surface area contributed by atoms with Gasteiger partial charge in [-0.1, -0.05) is 35.9 Å². The van der Waals surface area contributed by atoms with E-state index in [-0.39, 0.29) is 23.7 Å². The summed E-state index contributed by atoms with van der Waals surface area (Å²) in [5.41, 5.74) is 1.52. The lowest BCUT2D eigenvalue weighted by Gasteiger charge is -2.12. The van der Waals surface area contributed by atoms with Gasteiger partial charge in [-0.05, 0) is 36.2 Å². The molecule has 0 atom stereocenters. The molecule has 25 heavy (non-hydrogen) atoms. The maximum Gasteiger partial charge on any atom is 0.244 e. The van der Waals surface area contributed by atoms with Crippen LogP contribution in [0.1, 0.15) is 11.1 Å². The van der Waals surface area contributed by atoms with E-state index in [9.17, 15) is 13.2 Å². The summed E-state index contributed by atoms with van der Waals surface area (Å²) in [6, 6.07) is 11.9. The molecule has 0 bridgehead atoms. The number of sulfonamides is 1. The lowest BCUT2D eigenvalue weighted by atomic mass is 10.2. The maximum absolute atomic E-state index is 12.4. The summed E-state index contributed by atoms with van der Waals surface area (Å²) >= 11 is 6.01. The van der Waals surface area contributed by atoms with Gasteiger partial charge in [-0.3, -0.25) is 4.79 Å². The van der Waals surface area contributed by atoms with Crippen LogP contribution in [0.3, 0.4) is 0 Å². The van der Waals surface area contributed by atoms with E-state index in [1.165, 1.54) is 13.2 Å². The summed E-state index contributed by atoms with van der Waals surface area (Å²) in [6.45, 7) is 1.60. The number of hydrogen-bond acceptors (Lipinski definition) is 4. The Labute approximate surface area is 152 Å². The van der Waals surface area contributed by atoms with E-state index < -0.39 is 15.9 Å². The maximum atomic E-state index is 12.4. The summed E-state index contributed by atoms with van der Waals surface area (Å²) in [7, 11) is -2.48. The van der Waals surface area contributed by atoms with E-state index >= 15 is 0 Å². The number of nitrogens with one attached hydrogen (secondary N) is 2. The third-order valence-corrected chi connectivity index (χ3v) is 5.26. The van der Waals surface area contributed by atoms with Crippen LogP contribution in [0.25, 0.3) is 0 Å². The molecule has 0 radical (unpaired) electrons. The van der Waals surface area contributed by atoms with Gasteiger partial charge in [-0.2, -0.15) is 0 Å². The van der Waals surface area contributed by atoms with E-state index in [2.05, 4.69) is 10.0 Å². The molecule has 134 valence electrons. The second-order valence-electron chi connectivity index (χ2n) is 5.35. The van der Waals surface area contributed by atoms with Crippen LogP contribution in [0.2, 0.25) is 5.02 Å². The Morgan fingerprint density at radius 1 is 1.20 bits per heavy atom. The van der Waals surface area contributed by atoms with Crippen molar-refractivity contribution >= 4 is 27.5 Å². The average molecular weight is 383 g/mol. The summed E-state index contributed by atoms with van der Waals surface area (Å²) in [4.78, 5) is 11.9. The molecule has 0 aliphatic rings.